The number of nitrogens with one attached hydrogen (secondary N) is 1. The van der Waals surface area contributed by atoms with Crippen LogP contribution in [-0.4, -0.2) is 50.5 Å². The van der Waals surface area contributed by atoms with Gasteiger partial charge in [-0.2, -0.15) is 0 Å². The first-order chi connectivity index (χ1) is 15.0. The summed E-state index contributed by atoms with van der Waals surface area (Å²) in [5.74, 6) is -0.504. The maximum atomic E-state index is 12.0. The number of carbonyl (C=O) groups excluding carboxylic acids is 3. The van der Waals surface area contributed by atoms with Crippen LogP contribution in [0.4, 0.5) is 4.79 Å². The van der Waals surface area contributed by atoms with E-state index in [1.54, 1.807) is 6.07 Å². The summed E-state index contributed by atoms with van der Waals surface area (Å²) in [5, 5.41) is 2.45. The molecule has 0 bridgehead atoms. The van der Waals surface area contributed by atoms with Crippen molar-refractivity contribution in [3.05, 3.63) is 67.3 Å². The molecule has 0 aliphatic carbocycles. The molecule has 0 saturated heterocycles. The zero-order valence-electron chi connectivity index (χ0n) is 17.2. The number of carbonyl (C=O) groups is 3. The highest BCUT2D eigenvalue weighted by Gasteiger charge is 2.18. The molecule has 164 valence electrons. The molecule has 8 heteroatoms. The SMILES string of the molecule is C=CC(=O)OCC(COc1ccccc1-c1ccccc1)OC(=O)NCCOC(C)=O. The van der Waals surface area contributed by atoms with Crippen LogP contribution in [0, 0.1) is 0 Å². The van der Waals surface area contributed by atoms with E-state index in [0.717, 1.165) is 17.2 Å². The lowest BCUT2D eigenvalue weighted by molar-refractivity contribution is -0.141. The summed E-state index contributed by atoms with van der Waals surface area (Å²) in [5.41, 5.74) is 1.84. The van der Waals surface area contributed by atoms with E-state index in [-0.39, 0.29) is 26.4 Å². The Bertz CT molecular complexity index is 883. The van der Waals surface area contributed by atoms with E-state index in [1.165, 1.54) is 6.92 Å². The van der Waals surface area contributed by atoms with Gasteiger partial charge >= 0.3 is 18.0 Å². The smallest absolute Gasteiger partial charge is 0.407 e. The van der Waals surface area contributed by atoms with Crippen LogP contribution < -0.4 is 10.1 Å². The summed E-state index contributed by atoms with van der Waals surface area (Å²) in [6.07, 6.45) is -0.616. The minimum absolute atomic E-state index is 0.0154. The van der Waals surface area contributed by atoms with Crippen LogP contribution in [0.5, 0.6) is 5.75 Å². The first-order valence-corrected chi connectivity index (χ1v) is 9.64. The van der Waals surface area contributed by atoms with Crippen molar-refractivity contribution in [2.45, 2.75) is 13.0 Å². The second-order valence-corrected chi connectivity index (χ2v) is 6.30. The van der Waals surface area contributed by atoms with Crippen LogP contribution in [0.2, 0.25) is 0 Å². The van der Waals surface area contributed by atoms with Gasteiger partial charge in [-0.1, -0.05) is 55.1 Å². The Kier molecular flexibility index (Phi) is 9.61. The third-order valence-electron chi connectivity index (χ3n) is 3.93. The fraction of sp³-hybridized carbons (Fsp3) is 0.261. The van der Waals surface area contributed by atoms with Gasteiger partial charge in [-0.05, 0) is 11.6 Å². The van der Waals surface area contributed by atoms with Gasteiger partial charge in [-0.3, -0.25) is 4.79 Å². The second-order valence-electron chi connectivity index (χ2n) is 6.30. The summed E-state index contributed by atoms with van der Waals surface area (Å²) < 4.78 is 20.9. The molecule has 2 rings (SSSR count). The number of esters is 2. The lowest BCUT2D eigenvalue weighted by Crippen LogP contribution is -2.36. The van der Waals surface area contributed by atoms with Crippen molar-refractivity contribution in [1.29, 1.82) is 0 Å². The number of hydrogen-bond donors (Lipinski definition) is 1. The molecule has 2 aromatic rings. The standard InChI is InChI=1S/C23H25NO7/c1-3-22(26)30-16-19(31-23(27)24-13-14-28-17(2)25)15-29-21-12-8-7-11-20(21)18-9-5-4-6-10-18/h3-12,19H,1,13-16H2,2H3,(H,24,27). The average Bonchev–Trinajstić information content (AvgIpc) is 2.79. The van der Waals surface area contributed by atoms with Crippen molar-refractivity contribution in [2.24, 2.45) is 0 Å². The molecule has 0 aliphatic heterocycles. The van der Waals surface area contributed by atoms with E-state index in [0.29, 0.717) is 5.75 Å². The van der Waals surface area contributed by atoms with Crippen molar-refractivity contribution < 1.29 is 33.3 Å². The van der Waals surface area contributed by atoms with Crippen LogP contribution >= 0.6 is 0 Å². The number of amides is 1. The van der Waals surface area contributed by atoms with Gasteiger partial charge in [0.25, 0.3) is 0 Å². The zero-order valence-corrected chi connectivity index (χ0v) is 17.2. The summed E-state index contributed by atoms with van der Waals surface area (Å²) >= 11 is 0. The maximum Gasteiger partial charge on any atom is 0.407 e. The fourth-order valence-electron chi connectivity index (χ4n) is 2.52. The second kappa shape index (κ2) is 12.7. The molecule has 0 radical (unpaired) electrons. The highest BCUT2D eigenvalue weighted by atomic mass is 16.6. The van der Waals surface area contributed by atoms with Crippen molar-refractivity contribution >= 4 is 18.0 Å². The molecule has 1 atom stereocenters. The Hall–Kier alpha value is -3.81. The normalized spacial score (nSPS) is 11.0. The fourth-order valence-corrected chi connectivity index (χ4v) is 2.52. The Morgan fingerprint density at radius 2 is 1.71 bits per heavy atom. The van der Waals surface area contributed by atoms with Gasteiger partial charge < -0.3 is 24.3 Å². The van der Waals surface area contributed by atoms with Gasteiger partial charge in [0.1, 0.15) is 25.6 Å². The molecule has 0 fully saturated rings. The number of hydrogen-bond acceptors (Lipinski definition) is 7. The molecule has 0 saturated carbocycles. The molecule has 31 heavy (non-hydrogen) atoms. The summed E-state index contributed by atoms with van der Waals surface area (Å²) in [6, 6.07) is 17.1. The van der Waals surface area contributed by atoms with E-state index < -0.39 is 24.1 Å². The molecule has 1 unspecified atom stereocenters. The van der Waals surface area contributed by atoms with Crippen LogP contribution in [0.3, 0.4) is 0 Å². The molecule has 1 amide bonds. The number of rotatable bonds is 11. The van der Waals surface area contributed by atoms with Crippen LogP contribution in [0.25, 0.3) is 11.1 Å². The minimum Gasteiger partial charge on any atom is -0.489 e. The van der Waals surface area contributed by atoms with Gasteiger partial charge in [0.05, 0.1) is 6.54 Å². The van der Waals surface area contributed by atoms with Gasteiger partial charge in [-0.15, -0.1) is 0 Å². The van der Waals surface area contributed by atoms with Gasteiger partial charge in [-0.25, -0.2) is 9.59 Å². The van der Waals surface area contributed by atoms with E-state index in [9.17, 15) is 14.4 Å². The number of benzene rings is 2. The summed E-state index contributed by atoms with van der Waals surface area (Å²) in [7, 11) is 0. The van der Waals surface area contributed by atoms with E-state index in [1.807, 2.05) is 48.5 Å². The van der Waals surface area contributed by atoms with Crippen molar-refractivity contribution in [1.82, 2.24) is 5.32 Å². The maximum absolute atomic E-state index is 12.0. The van der Waals surface area contributed by atoms with Crippen LogP contribution in [0.1, 0.15) is 6.92 Å². The van der Waals surface area contributed by atoms with E-state index in [2.05, 4.69) is 11.9 Å². The average molecular weight is 427 g/mol. The Balaban J connectivity index is 1.99. The molecule has 0 aromatic heterocycles. The first kappa shape index (κ1) is 23.5. The van der Waals surface area contributed by atoms with Crippen molar-refractivity contribution in [2.75, 3.05) is 26.4 Å². The molecule has 8 nitrogen and oxygen atoms in total. The number of para-hydroxylation sites is 1. The largest absolute Gasteiger partial charge is 0.489 e. The van der Waals surface area contributed by atoms with Gasteiger partial charge in [0, 0.05) is 18.6 Å². The van der Waals surface area contributed by atoms with Crippen LogP contribution in [-0.2, 0) is 23.8 Å². The highest BCUT2D eigenvalue weighted by Crippen LogP contribution is 2.29. The molecule has 1 N–H and O–H groups in total. The van der Waals surface area contributed by atoms with E-state index >= 15 is 0 Å². The molecule has 0 aliphatic rings. The van der Waals surface area contributed by atoms with Gasteiger partial charge in [0.2, 0.25) is 0 Å². The first-order valence-electron chi connectivity index (χ1n) is 9.64. The topological polar surface area (TPSA) is 100 Å². The minimum atomic E-state index is -0.874. The Labute approximate surface area is 180 Å². The molecule has 0 heterocycles. The quantitative estimate of drug-likeness (QED) is 0.254. The predicted molar refractivity (Wildman–Crippen MR) is 113 cm³/mol. The Morgan fingerprint density at radius 3 is 2.42 bits per heavy atom. The summed E-state index contributed by atoms with van der Waals surface area (Å²) in [6.45, 7) is 4.44. The molecule has 2 aromatic carbocycles. The monoisotopic (exact) mass is 427 g/mol. The van der Waals surface area contributed by atoms with Gasteiger partial charge in [0.15, 0.2) is 6.10 Å². The third kappa shape index (κ3) is 8.61. The third-order valence-corrected chi connectivity index (χ3v) is 3.93. The Morgan fingerprint density at radius 1 is 1.00 bits per heavy atom. The van der Waals surface area contributed by atoms with Crippen molar-refractivity contribution in [3.63, 3.8) is 0 Å². The summed E-state index contributed by atoms with van der Waals surface area (Å²) in [4.78, 5) is 34.2. The lowest BCUT2D eigenvalue weighted by atomic mass is 10.1. The van der Waals surface area contributed by atoms with Crippen molar-refractivity contribution in [3.8, 4) is 16.9 Å². The predicted octanol–water partition coefficient (Wildman–Crippen LogP) is 3.12. The molecular weight excluding hydrogens is 402 g/mol. The van der Waals surface area contributed by atoms with E-state index in [4.69, 9.17) is 18.9 Å². The highest BCUT2D eigenvalue weighted by molar-refractivity contribution is 5.81. The zero-order chi connectivity index (χ0) is 22.5. The molecule has 0 spiro atoms. The number of ether oxygens (including phenoxy) is 4. The number of alkyl carbamates (subject to hydrolysis) is 1. The van der Waals surface area contributed by atoms with Crippen LogP contribution in [0.15, 0.2) is 67.3 Å². The lowest BCUT2D eigenvalue weighted by Gasteiger charge is -2.19. The molecular formula is C23H25NO7.